The lowest BCUT2D eigenvalue weighted by molar-refractivity contribution is -0.148. The first-order valence-corrected chi connectivity index (χ1v) is 16.7. The smallest absolute Gasteiger partial charge is 0.309 e. The molecule has 1 N–H and O–H groups in total. The number of ether oxygens (including phenoxy) is 2. The summed E-state index contributed by atoms with van der Waals surface area (Å²) in [5.41, 5.74) is 4.89. The molecule has 44 heavy (non-hydrogen) atoms. The van der Waals surface area contributed by atoms with Crippen molar-refractivity contribution in [2.45, 2.75) is 70.5 Å². The van der Waals surface area contributed by atoms with Gasteiger partial charge in [0.2, 0.25) is 5.91 Å². The van der Waals surface area contributed by atoms with E-state index in [0.717, 1.165) is 71.3 Å². The lowest BCUT2D eigenvalue weighted by Gasteiger charge is -2.37. The van der Waals surface area contributed by atoms with Crippen LogP contribution in [0.15, 0.2) is 54.7 Å². The standard InChI is InChI=1S/C36H48N4O4/c1-3-44-36(42)26-15-19-38(20-16-26)30-9-6-8-27(22-30)31-14-17-37-23-33(31)35(41)40(29-12-13-29)25-28-24-39(18-7-21-43-2)34-11-5-4-10-32(28)34/h4-6,8-11,22,24,26,29,31,33,37H,3,7,12-21,23,25H2,1-2H3/t31-,33+/m1/s1. The molecule has 8 nitrogen and oxygen atoms in total. The highest BCUT2D eigenvalue weighted by Gasteiger charge is 2.40. The number of aryl methyl sites for hydroxylation is 1. The van der Waals surface area contributed by atoms with Crippen LogP contribution >= 0.6 is 0 Å². The van der Waals surface area contributed by atoms with E-state index in [0.29, 0.717) is 25.7 Å². The Morgan fingerprint density at radius 1 is 1.02 bits per heavy atom. The zero-order valence-corrected chi connectivity index (χ0v) is 26.4. The molecule has 3 aromatic rings. The van der Waals surface area contributed by atoms with Crippen molar-refractivity contribution >= 4 is 28.5 Å². The quantitative estimate of drug-likeness (QED) is 0.223. The number of benzene rings is 2. The van der Waals surface area contributed by atoms with Gasteiger partial charge in [0.05, 0.1) is 18.4 Å². The molecule has 2 aromatic carbocycles. The second-order valence-electron chi connectivity index (χ2n) is 12.7. The number of rotatable bonds is 12. The minimum absolute atomic E-state index is 0.00593. The highest BCUT2D eigenvalue weighted by Crippen LogP contribution is 2.38. The Morgan fingerprint density at radius 2 is 1.84 bits per heavy atom. The van der Waals surface area contributed by atoms with Crippen LogP contribution < -0.4 is 10.2 Å². The largest absolute Gasteiger partial charge is 0.466 e. The summed E-state index contributed by atoms with van der Waals surface area (Å²) in [6.45, 7) is 7.91. The predicted octanol–water partition coefficient (Wildman–Crippen LogP) is 5.34. The summed E-state index contributed by atoms with van der Waals surface area (Å²) < 4.78 is 12.9. The van der Waals surface area contributed by atoms with E-state index >= 15 is 0 Å². The maximum Gasteiger partial charge on any atom is 0.309 e. The van der Waals surface area contributed by atoms with E-state index in [-0.39, 0.29) is 29.6 Å². The van der Waals surface area contributed by atoms with E-state index in [1.165, 1.54) is 27.7 Å². The topological polar surface area (TPSA) is 76.0 Å². The first kappa shape index (κ1) is 30.7. The fourth-order valence-corrected chi connectivity index (χ4v) is 7.29. The molecule has 0 spiro atoms. The highest BCUT2D eigenvalue weighted by molar-refractivity contribution is 5.86. The molecule has 236 valence electrons. The van der Waals surface area contributed by atoms with E-state index in [1.54, 1.807) is 7.11 Å². The summed E-state index contributed by atoms with van der Waals surface area (Å²) in [7, 11) is 1.75. The maximum atomic E-state index is 14.5. The van der Waals surface area contributed by atoms with Crippen LogP contribution in [0.4, 0.5) is 5.69 Å². The number of methoxy groups -OCH3 is 1. The Labute approximate surface area is 261 Å². The van der Waals surface area contributed by atoms with Crippen molar-refractivity contribution in [3.63, 3.8) is 0 Å². The van der Waals surface area contributed by atoms with E-state index in [4.69, 9.17) is 9.47 Å². The zero-order valence-electron chi connectivity index (χ0n) is 26.4. The summed E-state index contributed by atoms with van der Waals surface area (Å²) in [5, 5.41) is 4.78. The van der Waals surface area contributed by atoms with Crippen LogP contribution in [0.2, 0.25) is 0 Å². The van der Waals surface area contributed by atoms with E-state index in [1.807, 2.05) is 6.92 Å². The van der Waals surface area contributed by atoms with Gasteiger partial charge in [0, 0.05) is 75.3 Å². The Morgan fingerprint density at radius 3 is 2.61 bits per heavy atom. The summed E-state index contributed by atoms with van der Waals surface area (Å²) in [5.74, 6) is 0.296. The molecule has 1 amide bonds. The SMILES string of the molecule is CCOC(=O)C1CCN(c2cccc([C@H]3CCNC[C@@H]3C(=O)N(Cc3cn(CCCOC)c4ccccc34)C3CC3)c2)CC1. The molecular weight excluding hydrogens is 552 g/mol. The number of esters is 1. The van der Waals surface area contributed by atoms with Gasteiger partial charge in [-0.25, -0.2) is 0 Å². The minimum Gasteiger partial charge on any atom is -0.466 e. The fraction of sp³-hybridized carbons (Fsp3) is 0.556. The molecule has 6 rings (SSSR count). The van der Waals surface area contributed by atoms with Crippen LogP contribution in [0.25, 0.3) is 10.9 Å². The Bertz CT molecular complexity index is 1420. The van der Waals surface area contributed by atoms with Gasteiger partial charge in [-0.2, -0.15) is 0 Å². The highest BCUT2D eigenvalue weighted by atomic mass is 16.5. The molecule has 3 heterocycles. The zero-order chi connectivity index (χ0) is 30.5. The molecule has 2 aliphatic heterocycles. The van der Waals surface area contributed by atoms with Crippen molar-refractivity contribution in [1.82, 2.24) is 14.8 Å². The van der Waals surface area contributed by atoms with Gasteiger partial charge in [0.1, 0.15) is 0 Å². The summed E-state index contributed by atoms with van der Waals surface area (Å²) in [6.07, 6.45) is 7.96. The van der Waals surface area contributed by atoms with Gasteiger partial charge in [-0.1, -0.05) is 30.3 Å². The molecule has 0 radical (unpaired) electrons. The van der Waals surface area contributed by atoms with E-state index in [2.05, 4.69) is 74.4 Å². The van der Waals surface area contributed by atoms with Gasteiger partial charge >= 0.3 is 5.97 Å². The predicted molar refractivity (Wildman–Crippen MR) is 174 cm³/mol. The fourth-order valence-electron chi connectivity index (χ4n) is 7.29. The normalized spacial score (nSPS) is 21.0. The molecule has 1 aromatic heterocycles. The summed E-state index contributed by atoms with van der Waals surface area (Å²) >= 11 is 0. The number of amides is 1. The van der Waals surface area contributed by atoms with Crippen molar-refractivity contribution in [2.75, 3.05) is 51.4 Å². The summed E-state index contributed by atoms with van der Waals surface area (Å²) in [6, 6.07) is 17.7. The van der Waals surface area contributed by atoms with Gasteiger partial charge in [0.15, 0.2) is 0 Å². The third kappa shape index (κ3) is 6.81. The lowest BCUT2D eigenvalue weighted by atomic mass is 9.80. The molecule has 2 atom stereocenters. The molecular formula is C36H48N4O4. The van der Waals surface area contributed by atoms with Crippen LogP contribution in [0.3, 0.4) is 0 Å². The third-order valence-corrected chi connectivity index (χ3v) is 9.81. The van der Waals surface area contributed by atoms with Gasteiger partial charge < -0.3 is 29.2 Å². The Kier molecular flexibility index (Phi) is 9.87. The van der Waals surface area contributed by atoms with Gasteiger partial charge in [0.25, 0.3) is 0 Å². The number of hydrogen-bond donors (Lipinski definition) is 1. The second kappa shape index (κ2) is 14.2. The third-order valence-electron chi connectivity index (χ3n) is 9.81. The monoisotopic (exact) mass is 600 g/mol. The van der Waals surface area contributed by atoms with Gasteiger partial charge in [-0.15, -0.1) is 0 Å². The van der Waals surface area contributed by atoms with Crippen LogP contribution in [-0.2, 0) is 32.2 Å². The number of carbonyl (C=O) groups excluding carboxylic acids is 2. The number of anilines is 1. The summed E-state index contributed by atoms with van der Waals surface area (Å²) in [4.78, 5) is 31.3. The Hall–Kier alpha value is -3.36. The van der Waals surface area contributed by atoms with Crippen LogP contribution in [-0.4, -0.2) is 73.9 Å². The lowest BCUT2D eigenvalue weighted by Crippen LogP contribution is -2.47. The number of nitrogens with one attached hydrogen (secondary N) is 1. The molecule has 1 aliphatic carbocycles. The minimum atomic E-state index is -0.0933. The second-order valence-corrected chi connectivity index (χ2v) is 12.7. The van der Waals surface area contributed by atoms with Crippen molar-refractivity contribution in [2.24, 2.45) is 11.8 Å². The van der Waals surface area contributed by atoms with Crippen molar-refractivity contribution < 1.29 is 19.1 Å². The number of para-hydroxylation sites is 1. The molecule has 1 saturated carbocycles. The van der Waals surface area contributed by atoms with Crippen molar-refractivity contribution in [3.8, 4) is 0 Å². The van der Waals surface area contributed by atoms with Crippen LogP contribution in [0.5, 0.6) is 0 Å². The van der Waals surface area contributed by atoms with E-state index in [9.17, 15) is 9.59 Å². The number of aromatic nitrogens is 1. The average molecular weight is 601 g/mol. The Balaban J connectivity index is 1.19. The van der Waals surface area contributed by atoms with Crippen LogP contribution in [0.1, 0.15) is 62.5 Å². The number of carbonyl (C=O) groups is 2. The molecule has 3 aliphatic rings. The van der Waals surface area contributed by atoms with Crippen molar-refractivity contribution in [1.29, 1.82) is 0 Å². The number of fused-ring (bicyclic) bond motifs is 1. The average Bonchev–Trinajstić information content (AvgIpc) is 3.86. The number of hydrogen-bond acceptors (Lipinski definition) is 6. The molecule has 0 unspecified atom stereocenters. The van der Waals surface area contributed by atoms with Crippen molar-refractivity contribution in [3.05, 3.63) is 65.9 Å². The number of nitrogens with zero attached hydrogens (tertiary/aromatic N) is 3. The molecule has 2 saturated heterocycles. The van der Waals surface area contributed by atoms with Crippen LogP contribution in [0, 0.1) is 11.8 Å². The maximum absolute atomic E-state index is 14.5. The molecule has 3 fully saturated rings. The first-order valence-electron chi connectivity index (χ1n) is 16.7. The molecule has 0 bridgehead atoms. The first-order chi connectivity index (χ1) is 21.6. The van der Waals surface area contributed by atoms with Gasteiger partial charge in [-0.3, -0.25) is 9.59 Å². The molecule has 8 heteroatoms. The van der Waals surface area contributed by atoms with E-state index < -0.39 is 0 Å². The number of piperidine rings is 2. The van der Waals surface area contributed by atoms with Gasteiger partial charge in [-0.05, 0) is 87.2 Å².